The summed E-state index contributed by atoms with van der Waals surface area (Å²) in [7, 11) is -3.74. The molecule has 1 amide bonds. The minimum atomic E-state index is -3.74. The Kier molecular flexibility index (Phi) is 9.35. The molecule has 3 aromatic carbocycles. The Labute approximate surface area is 243 Å². The van der Waals surface area contributed by atoms with Gasteiger partial charge in [0.05, 0.1) is 15.1 Å². The Morgan fingerprint density at radius 3 is 2.51 bits per heavy atom. The monoisotopic (exact) mass is 605 g/mol. The molecule has 12 heteroatoms. The number of amides is 1. The third-order valence-corrected chi connectivity index (χ3v) is 9.12. The average Bonchev–Trinajstić information content (AvgIpc) is 3.32. The number of halogens is 2. The molecule has 39 heavy (non-hydrogen) atoms. The molecule has 0 unspecified atom stereocenters. The molecule has 0 saturated carbocycles. The zero-order chi connectivity index (χ0) is 26.7. The molecule has 1 aliphatic rings. The summed E-state index contributed by atoms with van der Waals surface area (Å²) in [6, 6.07) is 18.9. The number of carbonyl (C=O) groups excluding carboxylic acids is 1. The maximum atomic E-state index is 12.7. The van der Waals surface area contributed by atoms with E-state index in [4.69, 9.17) is 16.6 Å². The molecule has 1 aromatic heterocycles. The molecular formula is C27H29Cl2N5O3S2. The van der Waals surface area contributed by atoms with Gasteiger partial charge >= 0.3 is 0 Å². The van der Waals surface area contributed by atoms with E-state index in [-0.39, 0.29) is 23.2 Å². The Bertz CT molecular complexity index is 1550. The second-order valence-electron chi connectivity index (χ2n) is 9.19. The fourth-order valence-corrected chi connectivity index (χ4v) is 6.61. The standard InChI is InChI=1S/C27H28ClN5O3S2.ClH/c1-19-5-8-23(9-6-19)38(35,36)31-22-4-2-3-20(17-22)26(34)29-11-12-32-13-15-33(16-14-32)27-30-24-10-7-21(28)18-25(24)37-27;/h2-10,17-18,31H,11-16H2,1H3,(H,29,34);1H. The summed E-state index contributed by atoms with van der Waals surface area (Å²) in [6.07, 6.45) is 0. The summed E-state index contributed by atoms with van der Waals surface area (Å²) >= 11 is 7.76. The highest BCUT2D eigenvalue weighted by molar-refractivity contribution is 7.92. The first-order chi connectivity index (χ1) is 18.3. The van der Waals surface area contributed by atoms with Crippen LogP contribution in [0.4, 0.5) is 10.8 Å². The van der Waals surface area contributed by atoms with E-state index in [0.717, 1.165) is 58.7 Å². The largest absolute Gasteiger partial charge is 0.351 e. The minimum Gasteiger partial charge on any atom is -0.351 e. The molecular weight excluding hydrogens is 577 g/mol. The fourth-order valence-electron chi connectivity index (χ4n) is 4.27. The Balaban J connectivity index is 0.00000353. The van der Waals surface area contributed by atoms with Gasteiger partial charge in [0.2, 0.25) is 0 Å². The summed E-state index contributed by atoms with van der Waals surface area (Å²) in [4.78, 5) is 22.2. The van der Waals surface area contributed by atoms with Crippen LogP contribution in [0.1, 0.15) is 15.9 Å². The van der Waals surface area contributed by atoms with Crippen molar-refractivity contribution in [2.24, 2.45) is 0 Å². The summed E-state index contributed by atoms with van der Waals surface area (Å²) < 4.78 is 29.0. The number of hydrogen-bond donors (Lipinski definition) is 2. The van der Waals surface area contributed by atoms with Gasteiger partial charge in [-0.3, -0.25) is 14.4 Å². The number of aryl methyl sites for hydroxylation is 1. The van der Waals surface area contributed by atoms with Crippen molar-refractivity contribution in [3.63, 3.8) is 0 Å². The minimum absolute atomic E-state index is 0. The van der Waals surface area contributed by atoms with E-state index in [1.54, 1.807) is 59.9 Å². The molecule has 0 radical (unpaired) electrons. The molecule has 0 spiro atoms. The number of benzene rings is 3. The molecule has 2 heterocycles. The van der Waals surface area contributed by atoms with Crippen molar-refractivity contribution in [2.75, 3.05) is 48.9 Å². The smallest absolute Gasteiger partial charge is 0.261 e. The number of nitrogens with one attached hydrogen (secondary N) is 2. The number of aromatic nitrogens is 1. The SMILES string of the molecule is Cc1ccc(S(=O)(=O)Nc2cccc(C(=O)NCCN3CCN(c4nc5ccc(Cl)cc5s4)CC3)c2)cc1.Cl. The zero-order valence-corrected chi connectivity index (χ0v) is 24.5. The number of carbonyl (C=O) groups is 1. The fraction of sp³-hybridized carbons (Fsp3) is 0.259. The molecule has 5 rings (SSSR count). The van der Waals surface area contributed by atoms with Crippen LogP contribution in [-0.2, 0) is 10.0 Å². The first kappa shape index (κ1) is 29.1. The lowest BCUT2D eigenvalue weighted by Gasteiger charge is -2.34. The number of fused-ring (bicyclic) bond motifs is 1. The maximum Gasteiger partial charge on any atom is 0.261 e. The molecule has 206 valence electrons. The highest BCUT2D eigenvalue weighted by Crippen LogP contribution is 2.31. The zero-order valence-electron chi connectivity index (χ0n) is 21.3. The lowest BCUT2D eigenvalue weighted by Crippen LogP contribution is -2.48. The second kappa shape index (κ2) is 12.5. The van der Waals surface area contributed by atoms with Crippen LogP contribution >= 0.6 is 35.3 Å². The number of rotatable bonds is 8. The van der Waals surface area contributed by atoms with Crippen LogP contribution in [0.5, 0.6) is 0 Å². The number of hydrogen-bond acceptors (Lipinski definition) is 7. The third kappa shape index (κ3) is 7.20. The molecule has 1 saturated heterocycles. The van der Waals surface area contributed by atoms with E-state index in [1.165, 1.54) is 0 Å². The van der Waals surface area contributed by atoms with Crippen LogP contribution in [0.15, 0.2) is 71.6 Å². The van der Waals surface area contributed by atoms with Crippen LogP contribution in [0, 0.1) is 6.92 Å². The topological polar surface area (TPSA) is 94.6 Å². The van der Waals surface area contributed by atoms with Gasteiger partial charge in [0.15, 0.2) is 5.13 Å². The number of piperazine rings is 1. The first-order valence-corrected chi connectivity index (χ1v) is 15.0. The number of sulfonamides is 1. The van der Waals surface area contributed by atoms with Crippen LogP contribution in [-0.4, -0.2) is 63.5 Å². The van der Waals surface area contributed by atoms with Gasteiger partial charge in [0.1, 0.15) is 0 Å². The summed E-state index contributed by atoms with van der Waals surface area (Å²) in [5.74, 6) is -0.242. The van der Waals surface area contributed by atoms with Crippen molar-refractivity contribution >= 4 is 72.3 Å². The van der Waals surface area contributed by atoms with Crippen LogP contribution in [0.25, 0.3) is 10.2 Å². The van der Waals surface area contributed by atoms with Crippen molar-refractivity contribution in [1.29, 1.82) is 0 Å². The molecule has 4 aromatic rings. The van der Waals surface area contributed by atoms with E-state index >= 15 is 0 Å². The average molecular weight is 607 g/mol. The van der Waals surface area contributed by atoms with Crippen LogP contribution in [0.2, 0.25) is 5.02 Å². The molecule has 0 aliphatic carbocycles. The van der Waals surface area contributed by atoms with Gasteiger partial charge in [-0.05, 0) is 55.5 Å². The van der Waals surface area contributed by atoms with Gasteiger partial charge in [0, 0.05) is 55.5 Å². The number of nitrogens with zero attached hydrogens (tertiary/aromatic N) is 3. The predicted octanol–water partition coefficient (Wildman–Crippen LogP) is 5.03. The molecule has 0 atom stereocenters. The Hall–Kier alpha value is -2.89. The van der Waals surface area contributed by atoms with Gasteiger partial charge in [-0.25, -0.2) is 13.4 Å². The van der Waals surface area contributed by atoms with Crippen molar-refractivity contribution in [2.45, 2.75) is 11.8 Å². The predicted molar refractivity (Wildman–Crippen MR) is 161 cm³/mol. The van der Waals surface area contributed by atoms with E-state index in [2.05, 4.69) is 19.8 Å². The summed E-state index contributed by atoms with van der Waals surface area (Å²) in [6.45, 7) is 6.61. The van der Waals surface area contributed by atoms with Crippen molar-refractivity contribution in [1.82, 2.24) is 15.2 Å². The normalized spacial score (nSPS) is 14.2. The second-order valence-corrected chi connectivity index (χ2v) is 12.3. The van der Waals surface area contributed by atoms with E-state index in [1.807, 2.05) is 25.1 Å². The number of anilines is 2. The lowest BCUT2D eigenvalue weighted by atomic mass is 10.2. The van der Waals surface area contributed by atoms with Gasteiger partial charge in [-0.2, -0.15) is 0 Å². The quantitative estimate of drug-likeness (QED) is 0.292. The van der Waals surface area contributed by atoms with E-state index in [9.17, 15) is 13.2 Å². The van der Waals surface area contributed by atoms with Crippen molar-refractivity contribution in [3.8, 4) is 0 Å². The van der Waals surface area contributed by atoms with Crippen molar-refractivity contribution < 1.29 is 13.2 Å². The highest BCUT2D eigenvalue weighted by Gasteiger charge is 2.20. The molecule has 8 nitrogen and oxygen atoms in total. The van der Waals surface area contributed by atoms with Crippen LogP contribution < -0.4 is 14.9 Å². The van der Waals surface area contributed by atoms with Gasteiger partial charge in [-0.15, -0.1) is 12.4 Å². The van der Waals surface area contributed by atoms with E-state index < -0.39 is 10.0 Å². The summed E-state index contributed by atoms with van der Waals surface area (Å²) in [5.41, 5.74) is 2.68. The third-order valence-electron chi connectivity index (χ3n) is 6.40. The molecule has 0 bridgehead atoms. The maximum absolute atomic E-state index is 12.7. The lowest BCUT2D eigenvalue weighted by molar-refractivity contribution is 0.0948. The molecule has 1 fully saturated rings. The van der Waals surface area contributed by atoms with Gasteiger partial charge < -0.3 is 10.2 Å². The Morgan fingerprint density at radius 2 is 1.77 bits per heavy atom. The Morgan fingerprint density at radius 1 is 1.03 bits per heavy atom. The molecule has 1 aliphatic heterocycles. The number of thiazole rings is 1. The molecule has 2 N–H and O–H groups in total. The highest BCUT2D eigenvalue weighted by atomic mass is 35.5. The van der Waals surface area contributed by atoms with Gasteiger partial charge in [-0.1, -0.05) is 46.7 Å². The van der Waals surface area contributed by atoms with E-state index in [0.29, 0.717) is 17.8 Å². The van der Waals surface area contributed by atoms with Crippen molar-refractivity contribution in [3.05, 3.63) is 82.9 Å². The van der Waals surface area contributed by atoms with Crippen LogP contribution in [0.3, 0.4) is 0 Å². The first-order valence-electron chi connectivity index (χ1n) is 12.3. The van der Waals surface area contributed by atoms with Gasteiger partial charge in [0.25, 0.3) is 15.9 Å². The summed E-state index contributed by atoms with van der Waals surface area (Å²) in [5, 5.41) is 4.67.